The Balaban J connectivity index is 2.32. The Bertz CT molecular complexity index is 849. The molecule has 3 atom stereocenters. The summed E-state index contributed by atoms with van der Waals surface area (Å²) >= 11 is 0. The summed E-state index contributed by atoms with van der Waals surface area (Å²) in [4.78, 5) is 25.5. The highest BCUT2D eigenvalue weighted by molar-refractivity contribution is 6.05. The van der Waals surface area contributed by atoms with E-state index >= 15 is 0 Å². The van der Waals surface area contributed by atoms with Gasteiger partial charge < -0.3 is 19.7 Å². The third-order valence-corrected chi connectivity index (χ3v) is 5.53. The van der Waals surface area contributed by atoms with Crippen LogP contribution in [0.25, 0.3) is 6.08 Å². The largest absolute Gasteiger partial charge is 0.506 e. The van der Waals surface area contributed by atoms with Gasteiger partial charge in [0.05, 0.1) is 23.7 Å². The van der Waals surface area contributed by atoms with Gasteiger partial charge in [-0.1, -0.05) is 20.3 Å². The van der Waals surface area contributed by atoms with Crippen molar-refractivity contribution in [2.24, 2.45) is 5.92 Å². The molecule has 2 N–H and O–H groups in total. The minimum absolute atomic E-state index is 0.126. The van der Waals surface area contributed by atoms with E-state index in [0.29, 0.717) is 17.5 Å². The highest BCUT2D eigenvalue weighted by atomic mass is 16.6. The number of ether oxygens (including phenoxy) is 2. The second-order valence-corrected chi connectivity index (χ2v) is 8.31. The summed E-state index contributed by atoms with van der Waals surface area (Å²) in [5.41, 5.74) is 0.321. The first kappa shape index (κ1) is 20.4. The molecule has 3 rings (SSSR count). The van der Waals surface area contributed by atoms with Gasteiger partial charge >= 0.3 is 5.97 Å². The van der Waals surface area contributed by atoms with Crippen molar-refractivity contribution in [3.63, 3.8) is 0 Å². The van der Waals surface area contributed by atoms with Crippen molar-refractivity contribution in [3.8, 4) is 17.2 Å². The van der Waals surface area contributed by atoms with Crippen molar-refractivity contribution in [1.82, 2.24) is 0 Å². The summed E-state index contributed by atoms with van der Waals surface area (Å²) in [5.74, 6) is -1.39. The lowest BCUT2D eigenvalue weighted by atomic mass is 9.79. The molecule has 0 fully saturated rings. The molecule has 0 radical (unpaired) electrons. The van der Waals surface area contributed by atoms with Gasteiger partial charge in [0.15, 0.2) is 17.3 Å². The molecule has 28 heavy (non-hydrogen) atoms. The van der Waals surface area contributed by atoms with E-state index < -0.39 is 17.6 Å². The Kier molecular flexibility index (Phi) is 5.28. The standard InChI is InChI=1S/C22H28O6/c1-6-7-13-10-15(24)27-21-16(13)17(18(25)11(2)12(3)23)19(26)14-8-9-22(4,5)28-20(14)21/h8-9,11-13,23,26H,6-7,10H2,1-5H3/t11-,12+,13+/m1/s1. The molecular weight excluding hydrogens is 360 g/mol. The normalized spacial score (nSPS) is 21.8. The first-order chi connectivity index (χ1) is 13.1. The van der Waals surface area contributed by atoms with Crippen LogP contribution in [-0.4, -0.2) is 33.7 Å². The fourth-order valence-electron chi connectivity index (χ4n) is 3.81. The maximum Gasteiger partial charge on any atom is 0.311 e. The van der Waals surface area contributed by atoms with Crippen molar-refractivity contribution in [3.05, 3.63) is 22.8 Å². The van der Waals surface area contributed by atoms with Crippen LogP contribution >= 0.6 is 0 Å². The molecule has 0 aliphatic carbocycles. The number of fused-ring (bicyclic) bond motifs is 3. The Morgan fingerprint density at radius 1 is 1.32 bits per heavy atom. The Morgan fingerprint density at radius 3 is 2.61 bits per heavy atom. The van der Waals surface area contributed by atoms with Crippen molar-refractivity contribution in [2.45, 2.75) is 71.5 Å². The maximum atomic E-state index is 13.2. The van der Waals surface area contributed by atoms with Gasteiger partial charge in [-0.15, -0.1) is 0 Å². The third-order valence-electron chi connectivity index (χ3n) is 5.53. The second kappa shape index (κ2) is 7.24. The molecule has 0 spiro atoms. The van der Waals surface area contributed by atoms with Crippen LogP contribution in [0.5, 0.6) is 17.2 Å². The van der Waals surface area contributed by atoms with E-state index in [1.807, 2.05) is 20.8 Å². The molecule has 2 aliphatic heterocycles. The lowest BCUT2D eigenvalue weighted by Crippen LogP contribution is -2.32. The van der Waals surface area contributed by atoms with Gasteiger partial charge in [-0.25, -0.2) is 0 Å². The van der Waals surface area contributed by atoms with Crippen molar-refractivity contribution >= 4 is 17.8 Å². The lowest BCUT2D eigenvalue weighted by molar-refractivity contribution is -0.136. The van der Waals surface area contributed by atoms with Crippen LogP contribution in [0.3, 0.4) is 0 Å². The lowest BCUT2D eigenvalue weighted by Gasteiger charge is -2.35. The van der Waals surface area contributed by atoms with Gasteiger partial charge in [-0.05, 0) is 45.3 Å². The first-order valence-electron chi connectivity index (χ1n) is 9.81. The van der Waals surface area contributed by atoms with Crippen molar-refractivity contribution < 1.29 is 29.3 Å². The zero-order valence-corrected chi connectivity index (χ0v) is 17.0. The van der Waals surface area contributed by atoms with Gasteiger partial charge in [-0.3, -0.25) is 9.59 Å². The van der Waals surface area contributed by atoms with E-state index in [4.69, 9.17) is 9.47 Å². The van der Waals surface area contributed by atoms with E-state index in [1.54, 1.807) is 26.0 Å². The van der Waals surface area contributed by atoms with Crippen LogP contribution in [0.15, 0.2) is 6.08 Å². The Morgan fingerprint density at radius 2 is 2.00 bits per heavy atom. The first-order valence-corrected chi connectivity index (χ1v) is 9.81. The number of Topliss-reactive ketones (excluding diaryl/α,β-unsaturated/α-hetero) is 1. The van der Waals surface area contributed by atoms with E-state index in [0.717, 1.165) is 6.42 Å². The molecule has 2 heterocycles. The molecule has 1 aromatic rings. The highest BCUT2D eigenvalue weighted by Gasteiger charge is 2.41. The number of aliphatic hydroxyl groups excluding tert-OH is 1. The number of aliphatic hydroxyl groups is 1. The van der Waals surface area contributed by atoms with Crippen LogP contribution in [0.4, 0.5) is 0 Å². The third kappa shape index (κ3) is 3.41. The molecule has 6 heteroatoms. The molecule has 0 amide bonds. The van der Waals surface area contributed by atoms with Crippen LogP contribution in [-0.2, 0) is 4.79 Å². The summed E-state index contributed by atoms with van der Waals surface area (Å²) in [6.07, 6.45) is 4.21. The second-order valence-electron chi connectivity index (χ2n) is 8.31. The minimum Gasteiger partial charge on any atom is -0.506 e. The van der Waals surface area contributed by atoms with Gasteiger partial charge in [-0.2, -0.15) is 0 Å². The van der Waals surface area contributed by atoms with Crippen molar-refractivity contribution in [1.29, 1.82) is 0 Å². The number of phenols is 1. The number of carbonyl (C=O) groups is 2. The molecule has 1 aromatic carbocycles. The van der Waals surface area contributed by atoms with E-state index in [1.165, 1.54) is 0 Å². The summed E-state index contributed by atoms with van der Waals surface area (Å²) in [7, 11) is 0. The average molecular weight is 388 g/mol. The number of ketones is 1. The Labute approximate surface area is 165 Å². The van der Waals surface area contributed by atoms with Crippen LogP contribution in [0.2, 0.25) is 0 Å². The summed E-state index contributed by atoms with van der Waals surface area (Å²) < 4.78 is 11.6. The smallest absolute Gasteiger partial charge is 0.311 e. The number of carbonyl (C=O) groups excluding carboxylic acids is 2. The van der Waals surface area contributed by atoms with Crippen LogP contribution < -0.4 is 9.47 Å². The summed E-state index contributed by atoms with van der Waals surface area (Å²) in [6.45, 7) is 8.88. The predicted molar refractivity (Wildman–Crippen MR) is 105 cm³/mol. The van der Waals surface area contributed by atoms with E-state index in [-0.39, 0.29) is 46.9 Å². The van der Waals surface area contributed by atoms with E-state index in [2.05, 4.69) is 0 Å². The predicted octanol–water partition coefficient (Wildman–Crippen LogP) is 3.97. The molecule has 0 saturated heterocycles. The molecule has 152 valence electrons. The van der Waals surface area contributed by atoms with Gasteiger partial charge in [0.2, 0.25) is 0 Å². The SMILES string of the molecule is CCC[C@H]1CC(=O)Oc2c3c(c(O)c(C(=O)[C@H](C)[C@H](C)O)c21)C=CC(C)(C)O3. The number of aromatic hydroxyl groups is 1. The summed E-state index contributed by atoms with van der Waals surface area (Å²) in [5, 5.41) is 21.0. The minimum atomic E-state index is -0.875. The van der Waals surface area contributed by atoms with Gasteiger partial charge in [0.25, 0.3) is 0 Å². The Hall–Kier alpha value is -2.34. The number of hydrogen-bond acceptors (Lipinski definition) is 6. The van der Waals surface area contributed by atoms with Crippen LogP contribution in [0, 0.1) is 5.92 Å². The molecular formula is C22H28O6. The average Bonchev–Trinajstić information content (AvgIpc) is 2.61. The molecule has 2 aliphatic rings. The number of benzene rings is 1. The molecule has 0 unspecified atom stereocenters. The number of rotatable bonds is 5. The number of esters is 1. The molecule has 0 saturated carbocycles. The fourth-order valence-corrected chi connectivity index (χ4v) is 3.81. The monoisotopic (exact) mass is 388 g/mol. The van der Waals surface area contributed by atoms with Gasteiger partial charge in [0.1, 0.15) is 11.4 Å². The summed E-state index contributed by atoms with van der Waals surface area (Å²) in [6, 6.07) is 0. The topological polar surface area (TPSA) is 93.1 Å². The maximum absolute atomic E-state index is 13.2. The van der Waals surface area contributed by atoms with Crippen LogP contribution in [0.1, 0.15) is 81.3 Å². The number of phenolic OH excluding ortho intramolecular Hbond substituents is 1. The van der Waals surface area contributed by atoms with E-state index in [9.17, 15) is 19.8 Å². The van der Waals surface area contributed by atoms with Crippen molar-refractivity contribution in [2.75, 3.05) is 0 Å². The number of hydrogen-bond donors (Lipinski definition) is 2. The quantitative estimate of drug-likeness (QED) is 0.450. The molecule has 0 aromatic heterocycles. The zero-order valence-electron chi connectivity index (χ0n) is 17.0. The highest BCUT2D eigenvalue weighted by Crippen LogP contribution is 2.53. The molecule has 6 nitrogen and oxygen atoms in total. The molecule has 0 bridgehead atoms. The van der Waals surface area contributed by atoms with Gasteiger partial charge in [0, 0.05) is 11.5 Å². The fraction of sp³-hybridized carbons (Fsp3) is 0.545. The zero-order chi connectivity index (χ0) is 20.8.